The van der Waals surface area contributed by atoms with Gasteiger partial charge in [-0.25, -0.2) is 4.79 Å². The van der Waals surface area contributed by atoms with E-state index in [1.54, 1.807) is 12.1 Å². The average molecular weight is 311 g/mol. The summed E-state index contributed by atoms with van der Waals surface area (Å²) in [4.78, 5) is 23.6. The van der Waals surface area contributed by atoms with Gasteiger partial charge in [0, 0.05) is 11.4 Å². The van der Waals surface area contributed by atoms with Crippen LogP contribution in [-0.2, 0) is 4.79 Å². The first-order chi connectivity index (χ1) is 11.0. The van der Waals surface area contributed by atoms with Crippen LogP contribution in [0.4, 0.5) is 16.2 Å². The van der Waals surface area contributed by atoms with E-state index in [-0.39, 0.29) is 12.5 Å². The minimum Gasteiger partial charge on any atom is -0.329 e. The third-order valence-corrected chi connectivity index (χ3v) is 3.28. The van der Waals surface area contributed by atoms with Crippen LogP contribution in [0.15, 0.2) is 54.6 Å². The zero-order chi connectivity index (χ0) is 16.7. The van der Waals surface area contributed by atoms with Crippen molar-refractivity contribution in [1.82, 2.24) is 5.32 Å². The maximum absolute atomic E-state index is 11.9. The lowest BCUT2D eigenvalue weighted by atomic mass is 10.0. The van der Waals surface area contributed by atoms with Crippen molar-refractivity contribution in [1.29, 1.82) is 0 Å². The summed E-state index contributed by atoms with van der Waals surface area (Å²) in [5, 5.41) is 7.96. The van der Waals surface area contributed by atoms with Crippen LogP contribution in [0.1, 0.15) is 25.3 Å². The number of amides is 3. The fourth-order valence-electron chi connectivity index (χ4n) is 2.04. The highest BCUT2D eigenvalue weighted by atomic mass is 16.2. The summed E-state index contributed by atoms with van der Waals surface area (Å²) in [6, 6.07) is 16.3. The zero-order valence-corrected chi connectivity index (χ0v) is 13.3. The molecular weight excluding hydrogens is 290 g/mol. The Morgan fingerprint density at radius 3 is 2.30 bits per heavy atom. The Hall–Kier alpha value is -2.82. The molecular formula is C18H21N3O2. The van der Waals surface area contributed by atoms with Crippen LogP contribution >= 0.6 is 0 Å². The van der Waals surface area contributed by atoms with Gasteiger partial charge >= 0.3 is 6.03 Å². The van der Waals surface area contributed by atoms with Crippen molar-refractivity contribution in [2.45, 2.75) is 19.8 Å². The van der Waals surface area contributed by atoms with Crippen LogP contribution < -0.4 is 16.0 Å². The molecule has 5 nitrogen and oxygen atoms in total. The van der Waals surface area contributed by atoms with Gasteiger partial charge in [0.25, 0.3) is 0 Å². The molecule has 0 aliphatic heterocycles. The molecule has 0 aliphatic rings. The van der Waals surface area contributed by atoms with Gasteiger partial charge in [-0.15, -0.1) is 0 Å². The first-order valence-corrected chi connectivity index (χ1v) is 7.54. The molecule has 0 bridgehead atoms. The van der Waals surface area contributed by atoms with Crippen LogP contribution in [0.3, 0.4) is 0 Å². The maximum atomic E-state index is 11.9. The predicted molar refractivity (Wildman–Crippen MR) is 92.6 cm³/mol. The fourth-order valence-corrected chi connectivity index (χ4v) is 2.04. The lowest BCUT2D eigenvalue weighted by Crippen LogP contribution is -2.35. The quantitative estimate of drug-likeness (QED) is 0.790. The van der Waals surface area contributed by atoms with Gasteiger partial charge in [-0.2, -0.15) is 0 Å². The second kappa shape index (κ2) is 7.98. The molecule has 3 N–H and O–H groups in total. The highest BCUT2D eigenvalue weighted by molar-refractivity contribution is 5.96. The van der Waals surface area contributed by atoms with Gasteiger partial charge in [0.05, 0.1) is 6.54 Å². The van der Waals surface area contributed by atoms with Gasteiger partial charge in [0.15, 0.2) is 0 Å². The lowest BCUT2D eigenvalue weighted by molar-refractivity contribution is -0.115. The van der Waals surface area contributed by atoms with E-state index in [0.717, 1.165) is 11.3 Å². The monoisotopic (exact) mass is 311 g/mol. The number of para-hydroxylation sites is 1. The smallest absolute Gasteiger partial charge is 0.319 e. The Bertz CT molecular complexity index is 669. The number of urea groups is 1. The van der Waals surface area contributed by atoms with Crippen LogP contribution in [-0.4, -0.2) is 18.5 Å². The minimum absolute atomic E-state index is 0.0927. The molecule has 3 amide bonds. The zero-order valence-electron chi connectivity index (χ0n) is 13.3. The molecule has 0 spiro atoms. The summed E-state index contributed by atoms with van der Waals surface area (Å²) in [6.45, 7) is 4.09. The molecule has 0 aliphatic carbocycles. The SMILES string of the molecule is CC(C)c1cccc(NC(=O)CNC(=O)Nc2ccccc2)c1. The molecule has 0 heterocycles. The number of nitrogens with one attached hydrogen (secondary N) is 3. The molecule has 0 aromatic heterocycles. The largest absolute Gasteiger partial charge is 0.329 e. The third-order valence-electron chi connectivity index (χ3n) is 3.28. The molecule has 0 saturated carbocycles. The molecule has 0 unspecified atom stereocenters. The van der Waals surface area contributed by atoms with Crippen molar-refractivity contribution >= 4 is 23.3 Å². The predicted octanol–water partition coefficient (Wildman–Crippen LogP) is 3.57. The van der Waals surface area contributed by atoms with Gasteiger partial charge in [-0.1, -0.05) is 44.2 Å². The number of hydrogen-bond donors (Lipinski definition) is 3. The average Bonchev–Trinajstić information content (AvgIpc) is 2.54. The number of hydrogen-bond acceptors (Lipinski definition) is 2. The Balaban J connectivity index is 1.81. The maximum Gasteiger partial charge on any atom is 0.319 e. The van der Waals surface area contributed by atoms with E-state index in [4.69, 9.17) is 0 Å². The van der Waals surface area contributed by atoms with Crippen molar-refractivity contribution in [2.75, 3.05) is 17.2 Å². The second-order valence-electron chi connectivity index (χ2n) is 5.50. The van der Waals surface area contributed by atoms with E-state index in [2.05, 4.69) is 29.8 Å². The molecule has 2 aromatic rings. The summed E-state index contributed by atoms with van der Waals surface area (Å²) in [7, 11) is 0. The lowest BCUT2D eigenvalue weighted by Gasteiger charge is -2.10. The molecule has 0 radical (unpaired) electrons. The minimum atomic E-state index is -0.415. The molecule has 0 atom stereocenters. The van der Waals surface area contributed by atoms with E-state index in [1.165, 1.54) is 0 Å². The summed E-state index contributed by atoms with van der Waals surface area (Å²) >= 11 is 0. The highest BCUT2D eigenvalue weighted by Crippen LogP contribution is 2.18. The summed E-state index contributed by atoms with van der Waals surface area (Å²) in [5.41, 5.74) is 2.55. The standard InChI is InChI=1S/C18H21N3O2/c1-13(2)14-7-6-10-16(11-14)20-17(22)12-19-18(23)21-15-8-4-3-5-9-15/h3-11,13H,12H2,1-2H3,(H,20,22)(H2,19,21,23). The number of benzene rings is 2. The first-order valence-electron chi connectivity index (χ1n) is 7.54. The van der Waals surface area contributed by atoms with Gasteiger partial charge in [0.2, 0.25) is 5.91 Å². The number of rotatable bonds is 5. The van der Waals surface area contributed by atoms with Gasteiger partial charge in [-0.05, 0) is 35.7 Å². The van der Waals surface area contributed by atoms with Crippen LogP contribution in [0, 0.1) is 0 Å². The summed E-state index contributed by atoms with van der Waals surface area (Å²) < 4.78 is 0. The van der Waals surface area contributed by atoms with E-state index in [0.29, 0.717) is 11.6 Å². The van der Waals surface area contributed by atoms with Crippen molar-refractivity contribution in [3.05, 3.63) is 60.2 Å². The van der Waals surface area contributed by atoms with Crippen LogP contribution in [0.2, 0.25) is 0 Å². The number of carbonyl (C=O) groups is 2. The third kappa shape index (κ3) is 5.47. The normalized spacial score (nSPS) is 10.2. The van der Waals surface area contributed by atoms with Gasteiger partial charge in [0.1, 0.15) is 0 Å². The number of carbonyl (C=O) groups excluding carboxylic acids is 2. The topological polar surface area (TPSA) is 70.2 Å². The Morgan fingerprint density at radius 2 is 1.61 bits per heavy atom. The summed E-state index contributed by atoms with van der Waals surface area (Å²) in [6.07, 6.45) is 0. The summed E-state index contributed by atoms with van der Waals surface area (Å²) in [5.74, 6) is 0.121. The van der Waals surface area contributed by atoms with Crippen LogP contribution in [0.25, 0.3) is 0 Å². The molecule has 120 valence electrons. The fraction of sp³-hybridized carbons (Fsp3) is 0.222. The molecule has 2 rings (SSSR count). The van der Waals surface area contributed by atoms with Crippen molar-refractivity contribution in [2.24, 2.45) is 0 Å². The van der Waals surface area contributed by atoms with Gasteiger partial charge < -0.3 is 16.0 Å². The second-order valence-corrected chi connectivity index (χ2v) is 5.50. The molecule has 2 aromatic carbocycles. The highest BCUT2D eigenvalue weighted by Gasteiger charge is 2.07. The van der Waals surface area contributed by atoms with E-state index in [1.807, 2.05) is 42.5 Å². The molecule has 5 heteroatoms. The van der Waals surface area contributed by atoms with E-state index in [9.17, 15) is 9.59 Å². The van der Waals surface area contributed by atoms with E-state index >= 15 is 0 Å². The molecule has 23 heavy (non-hydrogen) atoms. The number of anilines is 2. The molecule has 0 fully saturated rings. The van der Waals surface area contributed by atoms with Crippen molar-refractivity contribution < 1.29 is 9.59 Å². The van der Waals surface area contributed by atoms with Gasteiger partial charge in [-0.3, -0.25) is 4.79 Å². The Labute approximate surface area is 136 Å². The van der Waals surface area contributed by atoms with Crippen molar-refractivity contribution in [3.8, 4) is 0 Å². The molecule has 0 saturated heterocycles. The Kier molecular flexibility index (Phi) is 5.74. The van der Waals surface area contributed by atoms with Crippen LogP contribution in [0.5, 0.6) is 0 Å². The first kappa shape index (κ1) is 16.5. The van der Waals surface area contributed by atoms with E-state index < -0.39 is 6.03 Å². The van der Waals surface area contributed by atoms with Crippen molar-refractivity contribution in [3.63, 3.8) is 0 Å². The Morgan fingerprint density at radius 1 is 0.913 bits per heavy atom.